The van der Waals surface area contributed by atoms with Gasteiger partial charge in [0.05, 0.1) is 6.54 Å². The van der Waals surface area contributed by atoms with E-state index in [1.807, 2.05) is 6.07 Å². The van der Waals surface area contributed by atoms with Crippen LogP contribution in [0, 0.1) is 0 Å². The van der Waals surface area contributed by atoms with Crippen LogP contribution in [-0.2, 0) is 13.6 Å². The zero-order valence-corrected chi connectivity index (χ0v) is 11.4. The maximum atomic E-state index is 12.0. The number of aromatic nitrogens is 5. The molecule has 0 fully saturated rings. The second-order valence-electron chi connectivity index (χ2n) is 4.53. The molecule has 8 heteroatoms. The summed E-state index contributed by atoms with van der Waals surface area (Å²) < 4.78 is 4.29. The molecule has 0 atom stereocenters. The summed E-state index contributed by atoms with van der Waals surface area (Å²) in [7, 11) is 1.70. The Labute approximate surface area is 119 Å². The van der Waals surface area contributed by atoms with Crippen LogP contribution in [-0.4, -0.2) is 36.4 Å². The van der Waals surface area contributed by atoms with Crippen molar-refractivity contribution >= 4 is 11.6 Å². The molecule has 3 heterocycles. The highest BCUT2D eigenvalue weighted by atomic mass is 16.2. The number of fused-ring (bicyclic) bond motifs is 1. The standard InChI is InChI=1S/C13H14N6O2/c1-17-10(5-6-15-17)12(20)14-7-9-19-13(21)18-8-3-2-4-11(18)16-19/h2-6,8H,7,9H2,1H3,(H,14,20). The highest BCUT2D eigenvalue weighted by Crippen LogP contribution is 1.96. The summed E-state index contributed by atoms with van der Waals surface area (Å²) in [6.45, 7) is 0.623. The van der Waals surface area contributed by atoms with Crippen molar-refractivity contribution in [2.45, 2.75) is 6.54 Å². The van der Waals surface area contributed by atoms with Gasteiger partial charge in [0, 0.05) is 26.0 Å². The molecule has 0 aliphatic heterocycles. The molecule has 0 unspecified atom stereocenters. The first kappa shape index (κ1) is 13.1. The van der Waals surface area contributed by atoms with E-state index in [4.69, 9.17) is 0 Å². The summed E-state index contributed by atoms with van der Waals surface area (Å²) in [6, 6.07) is 6.97. The molecule has 21 heavy (non-hydrogen) atoms. The Morgan fingerprint density at radius 2 is 2.19 bits per heavy atom. The van der Waals surface area contributed by atoms with Gasteiger partial charge in [-0.05, 0) is 18.2 Å². The number of rotatable bonds is 4. The van der Waals surface area contributed by atoms with Crippen molar-refractivity contribution in [3.8, 4) is 0 Å². The Hall–Kier alpha value is -2.90. The molecule has 3 aromatic rings. The fourth-order valence-corrected chi connectivity index (χ4v) is 2.08. The quantitative estimate of drug-likeness (QED) is 0.711. The summed E-state index contributed by atoms with van der Waals surface area (Å²) in [5.41, 5.74) is 0.832. The van der Waals surface area contributed by atoms with Crippen LogP contribution in [0.4, 0.5) is 0 Å². The summed E-state index contributed by atoms with van der Waals surface area (Å²) in [4.78, 5) is 23.9. The predicted octanol–water partition coefficient (Wildman–Crippen LogP) is -0.341. The number of carbonyl (C=O) groups is 1. The molecule has 1 N–H and O–H groups in total. The van der Waals surface area contributed by atoms with E-state index in [-0.39, 0.29) is 11.6 Å². The van der Waals surface area contributed by atoms with Gasteiger partial charge >= 0.3 is 5.69 Å². The van der Waals surface area contributed by atoms with E-state index >= 15 is 0 Å². The largest absolute Gasteiger partial charge is 0.350 e. The summed E-state index contributed by atoms with van der Waals surface area (Å²) in [6.07, 6.45) is 3.22. The number of carbonyl (C=O) groups excluding carboxylic acids is 1. The predicted molar refractivity (Wildman–Crippen MR) is 75.0 cm³/mol. The van der Waals surface area contributed by atoms with Crippen LogP contribution in [0.15, 0.2) is 41.5 Å². The number of nitrogens with zero attached hydrogens (tertiary/aromatic N) is 5. The van der Waals surface area contributed by atoms with Crippen molar-refractivity contribution in [1.29, 1.82) is 0 Å². The van der Waals surface area contributed by atoms with E-state index in [1.54, 1.807) is 37.6 Å². The molecule has 0 aromatic carbocycles. The van der Waals surface area contributed by atoms with Crippen LogP contribution < -0.4 is 11.0 Å². The lowest BCUT2D eigenvalue weighted by Gasteiger charge is -2.04. The molecule has 0 radical (unpaired) electrons. The van der Waals surface area contributed by atoms with E-state index in [9.17, 15) is 9.59 Å². The number of amides is 1. The number of pyridine rings is 1. The molecule has 0 aliphatic carbocycles. The lowest BCUT2D eigenvalue weighted by Crippen LogP contribution is -2.32. The van der Waals surface area contributed by atoms with Crippen LogP contribution in [0.5, 0.6) is 0 Å². The Morgan fingerprint density at radius 3 is 2.90 bits per heavy atom. The third kappa shape index (κ3) is 2.42. The van der Waals surface area contributed by atoms with Crippen LogP contribution in [0.25, 0.3) is 5.65 Å². The van der Waals surface area contributed by atoms with Crippen LogP contribution in [0.2, 0.25) is 0 Å². The van der Waals surface area contributed by atoms with Crippen LogP contribution in [0.1, 0.15) is 10.5 Å². The fraction of sp³-hybridized carbons (Fsp3) is 0.231. The summed E-state index contributed by atoms with van der Waals surface area (Å²) in [5, 5.41) is 10.9. The first-order valence-electron chi connectivity index (χ1n) is 6.47. The maximum absolute atomic E-state index is 12.0. The minimum atomic E-state index is -0.230. The average molecular weight is 286 g/mol. The van der Waals surface area contributed by atoms with Crippen LogP contribution >= 0.6 is 0 Å². The van der Waals surface area contributed by atoms with Gasteiger partial charge < -0.3 is 5.32 Å². The van der Waals surface area contributed by atoms with Crippen molar-refractivity contribution < 1.29 is 4.79 Å². The highest BCUT2D eigenvalue weighted by Gasteiger charge is 2.10. The minimum absolute atomic E-state index is 0.222. The molecule has 0 saturated carbocycles. The van der Waals surface area contributed by atoms with Crippen molar-refractivity contribution in [2.75, 3.05) is 6.54 Å². The number of aryl methyl sites for hydroxylation is 1. The van der Waals surface area contributed by atoms with E-state index in [0.29, 0.717) is 24.4 Å². The average Bonchev–Trinajstić information content (AvgIpc) is 3.04. The van der Waals surface area contributed by atoms with E-state index < -0.39 is 0 Å². The summed E-state index contributed by atoms with van der Waals surface area (Å²) >= 11 is 0. The zero-order chi connectivity index (χ0) is 14.8. The Kier molecular flexibility index (Phi) is 3.27. The SMILES string of the molecule is Cn1nccc1C(=O)NCCn1nc2ccccn2c1=O. The van der Waals surface area contributed by atoms with Gasteiger partial charge in [0.15, 0.2) is 5.65 Å². The molecule has 3 aromatic heterocycles. The third-order valence-corrected chi connectivity index (χ3v) is 3.15. The second-order valence-corrected chi connectivity index (χ2v) is 4.53. The Balaban J connectivity index is 1.67. The molecule has 0 bridgehead atoms. The number of hydrogen-bond acceptors (Lipinski definition) is 4. The highest BCUT2D eigenvalue weighted by molar-refractivity contribution is 5.92. The van der Waals surface area contributed by atoms with Gasteiger partial charge in [-0.25, -0.2) is 9.48 Å². The van der Waals surface area contributed by atoms with E-state index in [2.05, 4.69) is 15.5 Å². The molecule has 108 valence electrons. The third-order valence-electron chi connectivity index (χ3n) is 3.15. The molecule has 8 nitrogen and oxygen atoms in total. The van der Waals surface area contributed by atoms with Gasteiger partial charge in [0.1, 0.15) is 5.69 Å². The van der Waals surface area contributed by atoms with Gasteiger partial charge in [-0.1, -0.05) is 6.07 Å². The zero-order valence-electron chi connectivity index (χ0n) is 11.4. The molecule has 3 rings (SSSR count). The van der Waals surface area contributed by atoms with Crippen molar-refractivity contribution in [3.05, 3.63) is 52.8 Å². The first-order chi connectivity index (χ1) is 10.2. The lowest BCUT2D eigenvalue weighted by molar-refractivity contribution is 0.0942. The van der Waals surface area contributed by atoms with E-state index in [0.717, 1.165) is 0 Å². The second kappa shape index (κ2) is 5.23. The molecule has 0 spiro atoms. The van der Waals surface area contributed by atoms with Gasteiger partial charge in [-0.3, -0.25) is 13.9 Å². The van der Waals surface area contributed by atoms with Crippen molar-refractivity contribution in [1.82, 2.24) is 29.3 Å². The fourth-order valence-electron chi connectivity index (χ4n) is 2.08. The Morgan fingerprint density at radius 1 is 1.33 bits per heavy atom. The first-order valence-corrected chi connectivity index (χ1v) is 6.47. The molecule has 1 amide bonds. The van der Waals surface area contributed by atoms with Gasteiger partial charge in [0.25, 0.3) is 5.91 Å². The molecule has 0 aliphatic rings. The monoisotopic (exact) mass is 286 g/mol. The van der Waals surface area contributed by atoms with Crippen molar-refractivity contribution in [3.63, 3.8) is 0 Å². The smallest absolute Gasteiger partial charge is 0.349 e. The van der Waals surface area contributed by atoms with Gasteiger partial charge in [0.2, 0.25) is 0 Å². The van der Waals surface area contributed by atoms with E-state index in [1.165, 1.54) is 13.8 Å². The normalized spacial score (nSPS) is 10.9. The maximum Gasteiger partial charge on any atom is 0.350 e. The van der Waals surface area contributed by atoms with Crippen LogP contribution in [0.3, 0.4) is 0 Å². The minimum Gasteiger partial charge on any atom is -0.349 e. The number of hydrogen-bond donors (Lipinski definition) is 1. The Bertz CT molecular complexity index is 844. The number of nitrogens with one attached hydrogen (secondary N) is 1. The van der Waals surface area contributed by atoms with Crippen molar-refractivity contribution in [2.24, 2.45) is 7.05 Å². The molecular formula is C13H14N6O2. The summed E-state index contributed by atoms with van der Waals surface area (Å²) in [5.74, 6) is -0.230. The lowest BCUT2D eigenvalue weighted by atomic mass is 10.4. The molecular weight excluding hydrogens is 272 g/mol. The van der Waals surface area contributed by atoms with Gasteiger partial charge in [-0.2, -0.15) is 5.10 Å². The van der Waals surface area contributed by atoms with Gasteiger partial charge in [-0.15, -0.1) is 5.10 Å². The topological polar surface area (TPSA) is 86.2 Å². The molecule has 0 saturated heterocycles.